The lowest BCUT2D eigenvalue weighted by Gasteiger charge is -2.43. The number of nitrogens with one attached hydrogen (secondary N) is 3. The first-order chi connectivity index (χ1) is 29.8. The Balaban J connectivity index is 0.776. The molecular formula is C44H50ClF2N11O4. The first-order valence-corrected chi connectivity index (χ1v) is 22.0. The normalized spacial score (nSPS) is 22.8. The number of carbonyl (C=O) groups is 2. The number of imide groups is 1. The van der Waals surface area contributed by atoms with E-state index in [2.05, 4.69) is 60.8 Å². The minimum Gasteiger partial charge on any atom is -0.480 e. The zero-order valence-electron chi connectivity index (χ0n) is 35.0. The van der Waals surface area contributed by atoms with E-state index in [0.717, 1.165) is 74.4 Å². The van der Waals surface area contributed by atoms with Gasteiger partial charge in [0, 0.05) is 88.0 Å². The van der Waals surface area contributed by atoms with E-state index in [4.69, 9.17) is 26.4 Å². The quantitative estimate of drug-likeness (QED) is 0.162. The number of pyridine rings is 1. The van der Waals surface area contributed by atoms with Crippen LogP contribution in [0, 0.1) is 11.8 Å². The van der Waals surface area contributed by atoms with Crippen LogP contribution in [0.4, 0.5) is 37.6 Å². The van der Waals surface area contributed by atoms with Gasteiger partial charge in [-0.3, -0.25) is 29.3 Å². The highest BCUT2D eigenvalue weighted by molar-refractivity contribution is 6.33. The van der Waals surface area contributed by atoms with Crippen LogP contribution in [0.2, 0.25) is 5.02 Å². The summed E-state index contributed by atoms with van der Waals surface area (Å²) in [6.45, 7) is 6.63. The fourth-order valence-corrected chi connectivity index (χ4v) is 10.1. The number of carbonyl (C=O) groups excluding carboxylic acids is 2. The molecule has 4 aliphatic heterocycles. The number of nitrogens with zero attached hydrogens (tertiary/aromatic N) is 8. The fraction of sp³-hybridized carbons (Fsp3) is 0.500. The van der Waals surface area contributed by atoms with Gasteiger partial charge in [-0.1, -0.05) is 11.6 Å². The molecule has 10 rings (SSSR count). The number of rotatable bonds is 8. The maximum absolute atomic E-state index is 15.2. The van der Waals surface area contributed by atoms with E-state index in [9.17, 15) is 14.4 Å². The molecule has 15 nitrogen and oxygen atoms in total. The molecule has 0 bridgehead atoms. The first kappa shape index (κ1) is 40.5. The number of alkyl halides is 2. The molecule has 62 heavy (non-hydrogen) atoms. The molecule has 1 saturated carbocycles. The van der Waals surface area contributed by atoms with Crippen molar-refractivity contribution < 1.29 is 23.1 Å². The summed E-state index contributed by atoms with van der Waals surface area (Å²) in [6, 6.07) is 11.0. The summed E-state index contributed by atoms with van der Waals surface area (Å²) < 4.78 is 39.1. The lowest BCUT2D eigenvalue weighted by molar-refractivity contribution is -0.134. The molecule has 7 heterocycles. The van der Waals surface area contributed by atoms with Crippen molar-refractivity contribution in [3.63, 3.8) is 0 Å². The van der Waals surface area contributed by atoms with Crippen LogP contribution in [0.25, 0.3) is 21.8 Å². The predicted molar refractivity (Wildman–Crippen MR) is 234 cm³/mol. The Kier molecular flexibility index (Phi) is 10.2. The number of ether oxygens (including phenoxy) is 1. The molecule has 5 aliphatic rings. The standard InChI is InChI=1S/C44H50ClF2N11O4/c1-24(25-12-14-57(15-13-25)28-7-8-29-34(21-28)55(3)53-36(29)30-9-11-35(59)50-41(30)60)56-16-18-58(19-17-56)43-48-22-32(45)40(52-43)49-27-6-10-33-31(20-27)37-38(42(61)54(33)2)62-23-44(46,47)39(51-37)26-4-5-26/h6-8,10,20-22,24-26,30,39,51H,4-5,9,11-19,23H2,1-3H3,(H,48,49,52)(H,50,59,60)/t24-,30?,39-/m0/s1. The van der Waals surface area contributed by atoms with E-state index in [1.165, 1.54) is 4.57 Å². The van der Waals surface area contributed by atoms with Crippen molar-refractivity contribution in [2.24, 2.45) is 25.9 Å². The Hall–Kier alpha value is -5.55. The molecule has 1 unspecified atom stereocenters. The van der Waals surface area contributed by atoms with Crippen LogP contribution in [0.5, 0.6) is 5.75 Å². The van der Waals surface area contributed by atoms with E-state index in [1.54, 1.807) is 25.4 Å². The maximum atomic E-state index is 15.2. The maximum Gasteiger partial charge on any atom is 0.301 e. The third kappa shape index (κ3) is 7.35. The number of amides is 2. The Bertz CT molecular complexity index is 2650. The largest absolute Gasteiger partial charge is 0.480 e. The number of piperidine rings is 2. The molecule has 1 aliphatic carbocycles. The molecule has 3 aromatic heterocycles. The summed E-state index contributed by atoms with van der Waals surface area (Å²) in [4.78, 5) is 54.2. The van der Waals surface area contributed by atoms with Crippen molar-refractivity contribution in [3.05, 3.63) is 63.7 Å². The summed E-state index contributed by atoms with van der Waals surface area (Å²) in [5, 5.41) is 15.4. The van der Waals surface area contributed by atoms with Gasteiger partial charge in [-0.15, -0.1) is 0 Å². The molecule has 0 radical (unpaired) electrons. The molecule has 5 aromatic rings. The van der Waals surface area contributed by atoms with Gasteiger partial charge in [-0.25, -0.2) is 13.8 Å². The topological polar surface area (TPSA) is 155 Å². The van der Waals surface area contributed by atoms with Crippen molar-refractivity contribution in [2.45, 2.75) is 69.4 Å². The number of anilines is 5. The van der Waals surface area contributed by atoms with Crippen LogP contribution in [0.15, 0.2) is 47.4 Å². The highest BCUT2D eigenvalue weighted by atomic mass is 35.5. The van der Waals surface area contributed by atoms with Gasteiger partial charge in [-0.2, -0.15) is 10.1 Å². The summed E-state index contributed by atoms with van der Waals surface area (Å²) in [5.41, 5.74) is 3.85. The van der Waals surface area contributed by atoms with Crippen molar-refractivity contribution in [3.8, 4) is 5.75 Å². The summed E-state index contributed by atoms with van der Waals surface area (Å²) in [7, 11) is 3.51. The van der Waals surface area contributed by atoms with E-state index >= 15 is 8.78 Å². The second-order valence-electron chi connectivity index (χ2n) is 17.6. The van der Waals surface area contributed by atoms with Crippen molar-refractivity contribution in [1.82, 2.24) is 34.5 Å². The first-order valence-electron chi connectivity index (χ1n) is 21.6. The van der Waals surface area contributed by atoms with Gasteiger partial charge in [0.1, 0.15) is 5.02 Å². The average Bonchev–Trinajstić information content (AvgIpc) is 4.08. The number of aryl methyl sites for hydroxylation is 2. The number of benzene rings is 2. The smallest absolute Gasteiger partial charge is 0.301 e. The number of fused-ring (bicyclic) bond motifs is 4. The molecule has 4 fully saturated rings. The van der Waals surface area contributed by atoms with Crippen LogP contribution in [-0.2, 0) is 23.7 Å². The van der Waals surface area contributed by atoms with E-state index in [-0.39, 0.29) is 29.2 Å². The second kappa shape index (κ2) is 15.7. The third-order valence-corrected chi connectivity index (χ3v) is 14.1. The zero-order chi connectivity index (χ0) is 43.0. The molecule has 2 amide bonds. The van der Waals surface area contributed by atoms with Gasteiger partial charge in [0.05, 0.1) is 40.6 Å². The molecule has 2 aromatic carbocycles. The average molecular weight is 870 g/mol. The lowest BCUT2D eigenvalue weighted by atomic mass is 9.88. The molecule has 18 heteroatoms. The third-order valence-electron chi connectivity index (χ3n) is 13.8. The van der Waals surface area contributed by atoms with E-state index in [1.807, 2.05) is 17.8 Å². The van der Waals surface area contributed by atoms with Gasteiger partial charge in [0.25, 0.3) is 5.56 Å². The fourth-order valence-electron chi connectivity index (χ4n) is 9.97. The van der Waals surface area contributed by atoms with Crippen LogP contribution in [0.1, 0.15) is 57.1 Å². The number of aromatic nitrogens is 5. The minimum absolute atomic E-state index is 0.107. The van der Waals surface area contributed by atoms with Crippen LogP contribution >= 0.6 is 11.6 Å². The highest BCUT2D eigenvalue weighted by Gasteiger charge is 2.51. The number of hydrogen-bond acceptors (Lipinski definition) is 12. The molecule has 3 saturated heterocycles. The van der Waals surface area contributed by atoms with Crippen molar-refractivity contribution in [2.75, 3.05) is 66.3 Å². The van der Waals surface area contributed by atoms with Gasteiger partial charge < -0.3 is 29.7 Å². The van der Waals surface area contributed by atoms with Gasteiger partial charge >= 0.3 is 5.92 Å². The molecule has 0 spiro atoms. The summed E-state index contributed by atoms with van der Waals surface area (Å²) in [6.07, 6.45) is 5.94. The Labute approximate surface area is 361 Å². The lowest BCUT2D eigenvalue weighted by Crippen LogP contribution is -2.53. The SMILES string of the molecule is C[C@@H](C1CCN(c2ccc3c(C4CCC(=O)NC4=O)nn(C)c3c2)CC1)N1CCN(c2ncc(Cl)c(Nc3ccc4c(c3)c3c(c(=O)n4C)OCC(F)(F)[C@H](C4CC4)N3)n2)CC1. The van der Waals surface area contributed by atoms with Crippen molar-refractivity contribution in [1.29, 1.82) is 0 Å². The number of halogens is 3. The molecule has 3 atom stereocenters. The van der Waals surface area contributed by atoms with Gasteiger partial charge in [0.15, 0.2) is 12.4 Å². The molecule has 326 valence electrons. The Morgan fingerprint density at radius 2 is 1.69 bits per heavy atom. The van der Waals surface area contributed by atoms with Crippen LogP contribution in [0.3, 0.4) is 0 Å². The molecular weight excluding hydrogens is 820 g/mol. The Morgan fingerprint density at radius 1 is 0.919 bits per heavy atom. The van der Waals surface area contributed by atoms with Crippen molar-refractivity contribution >= 4 is 74.0 Å². The Morgan fingerprint density at radius 3 is 2.44 bits per heavy atom. The monoisotopic (exact) mass is 869 g/mol. The number of piperazine rings is 1. The van der Waals surface area contributed by atoms with E-state index < -0.39 is 30.0 Å². The van der Waals surface area contributed by atoms with Gasteiger partial charge in [0.2, 0.25) is 23.5 Å². The second-order valence-corrected chi connectivity index (χ2v) is 18.0. The van der Waals surface area contributed by atoms with Gasteiger partial charge in [-0.05, 0) is 87.3 Å². The van der Waals surface area contributed by atoms with E-state index in [0.29, 0.717) is 71.0 Å². The minimum atomic E-state index is -3.13. The zero-order valence-corrected chi connectivity index (χ0v) is 35.7. The van der Waals surface area contributed by atoms with Crippen LogP contribution < -0.4 is 36.0 Å². The van der Waals surface area contributed by atoms with Crippen LogP contribution in [-0.4, -0.2) is 105 Å². The highest BCUT2D eigenvalue weighted by Crippen LogP contribution is 2.46. The summed E-state index contributed by atoms with van der Waals surface area (Å²) >= 11 is 6.64. The summed E-state index contributed by atoms with van der Waals surface area (Å²) in [5.74, 6) is -2.82. The number of hydrogen-bond donors (Lipinski definition) is 3. The molecule has 3 N–H and O–H groups in total. The predicted octanol–water partition coefficient (Wildman–Crippen LogP) is 5.78.